The lowest BCUT2D eigenvalue weighted by atomic mass is 10.0. The van der Waals surface area contributed by atoms with Crippen LogP contribution in [0.5, 0.6) is 0 Å². The molecule has 1 saturated carbocycles. The number of benzene rings is 1. The minimum Gasteiger partial charge on any atom is -0.366 e. The van der Waals surface area contributed by atoms with Crippen molar-refractivity contribution >= 4 is 23.1 Å². The van der Waals surface area contributed by atoms with Crippen molar-refractivity contribution in [3.8, 4) is 0 Å². The Bertz CT molecular complexity index is 1180. The number of carbonyl (C=O) groups is 1. The molecule has 0 radical (unpaired) electrons. The van der Waals surface area contributed by atoms with Gasteiger partial charge in [-0.2, -0.15) is 0 Å². The Morgan fingerprint density at radius 1 is 1.06 bits per heavy atom. The summed E-state index contributed by atoms with van der Waals surface area (Å²) < 4.78 is 0. The lowest BCUT2D eigenvalue weighted by Gasteiger charge is -2.37. The zero-order valence-corrected chi connectivity index (χ0v) is 20.2. The first-order valence-electron chi connectivity index (χ1n) is 12.2. The van der Waals surface area contributed by atoms with Crippen LogP contribution in [0.1, 0.15) is 65.8 Å². The summed E-state index contributed by atoms with van der Waals surface area (Å²) >= 11 is 0. The van der Waals surface area contributed by atoms with Crippen molar-refractivity contribution in [3.63, 3.8) is 0 Å². The summed E-state index contributed by atoms with van der Waals surface area (Å²) in [5, 5.41) is 3.14. The number of anilines is 3. The molecular formula is C27H32N6O. The van der Waals surface area contributed by atoms with E-state index in [1.54, 1.807) is 12.3 Å². The van der Waals surface area contributed by atoms with Crippen molar-refractivity contribution in [2.24, 2.45) is 0 Å². The van der Waals surface area contributed by atoms with Gasteiger partial charge in [-0.3, -0.25) is 14.8 Å². The van der Waals surface area contributed by atoms with Gasteiger partial charge >= 0.3 is 0 Å². The van der Waals surface area contributed by atoms with Gasteiger partial charge < -0.3 is 15.1 Å². The summed E-state index contributed by atoms with van der Waals surface area (Å²) in [5.41, 5.74) is 5.61. The molecule has 1 saturated heterocycles. The molecule has 5 rings (SSSR count). The molecule has 1 aromatic carbocycles. The van der Waals surface area contributed by atoms with E-state index < -0.39 is 0 Å². The van der Waals surface area contributed by atoms with Crippen molar-refractivity contribution in [2.45, 2.75) is 45.4 Å². The van der Waals surface area contributed by atoms with Crippen LogP contribution in [0.4, 0.5) is 17.2 Å². The number of carbonyl (C=O) groups excluding carboxylic acids is 1. The molecule has 7 heteroatoms. The molecule has 0 unspecified atom stereocenters. The van der Waals surface area contributed by atoms with Crippen molar-refractivity contribution in [2.75, 3.05) is 41.3 Å². The van der Waals surface area contributed by atoms with E-state index in [-0.39, 0.29) is 5.91 Å². The highest BCUT2D eigenvalue weighted by atomic mass is 16.1. The maximum absolute atomic E-state index is 13.0. The molecule has 7 nitrogen and oxygen atoms in total. The number of pyridine rings is 1. The number of rotatable bonds is 6. The standard InChI is InChI=1S/C27H32N6O/c1-18(2)21-8-9-23(31-27(34)22-5-4-10-29-19(22)3)25(15-21)32-11-13-33(14-12-32)26-17-28-16-24(30-26)20-6-7-20/h4-5,8-10,15-18,20H,6-7,11-14H2,1-3H3,(H,31,34). The minimum atomic E-state index is -0.130. The molecule has 0 bridgehead atoms. The second-order valence-electron chi connectivity index (χ2n) is 9.57. The molecule has 1 aliphatic heterocycles. The van der Waals surface area contributed by atoms with Crippen molar-refractivity contribution in [1.82, 2.24) is 15.0 Å². The van der Waals surface area contributed by atoms with Crippen LogP contribution in [0.2, 0.25) is 0 Å². The number of piperazine rings is 1. The minimum absolute atomic E-state index is 0.130. The fourth-order valence-electron chi connectivity index (χ4n) is 4.46. The van der Waals surface area contributed by atoms with Crippen LogP contribution in [-0.4, -0.2) is 47.0 Å². The third-order valence-corrected chi connectivity index (χ3v) is 6.77. The molecular weight excluding hydrogens is 424 g/mol. The third kappa shape index (κ3) is 4.74. The van der Waals surface area contributed by atoms with Gasteiger partial charge in [0.2, 0.25) is 0 Å². The number of aryl methyl sites for hydroxylation is 1. The maximum Gasteiger partial charge on any atom is 0.257 e. The van der Waals surface area contributed by atoms with Gasteiger partial charge in [-0.15, -0.1) is 0 Å². The zero-order valence-electron chi connectivity index (χ0n) is 20.2. The van der Waals surface area contributed by atoms with Gasteiger partial charge in [0.05, 0.1) is 28.8 Å². The molecule has 176 valence electrons. The monoisotopic (exact) mass is 456 g/mol. The van der Waals surface area contributed by atoms with E-state index in [9.17, 15) is 4.79 Å². The van der Waals surface area contributed by atoms with Crippen molar-refractivity contribution < 1.29 is 4.79 Å². The maximum atomic E-state index is 13.0. The molecule has 1 N–H and O–H groups in total. The lowest BCUT2D eigenvalue weighted by molar-refractivity contribution is 0.102. The highest BCUT2D eigenvalue weighted by Crippen LogP contribution is 2.39. The van der Waals surface area contributed by atoms with Gasteiger partial charge in [-0.1, -0.05) is 19.9 Å². The topological polar surface area (TPSA) is 74.2 Å². The molecule has 1 aliphatic carbocycles. The number of amides is 1. The predicted octanol–water partition coefficient (Wildman–Crippen LogP) is 4.76. The first-order valence-corrected chi connectivity index (χ1v) is 12.2. The molecule has 34 heavy (non-hydrogen) atoms. The summed E-state index contributed by atoms with van der Waals surface area (Å²) in [4.78, 5) is 31.3. The molecule has 0 spiro atoms. The van der Waals surface area contributed by atoms with Gasteiger partial charge in [0.25, 0.3) is 5.91 Å². The van der Waals surface area contributed by atoms with E-state index in [1.807, 2.05) is 31.5 Å². The summed E-state index contributed by atoms with van der Waals surface area (Å²) in [5.74, 6) is 1.85. The average molecular weight is 457 g/mol. The Kier molecular flexibility index (Phi) is 6.18. The average Bonchev–Trinajstić information content (AvgIpc) is 3.70. The van der Waals surface area contributed by atoms with Gasteiger partial charge in [-0.25, -0.2) is 4.98 Å². The van der Waals surface area contributed by atoms with E-state index in [1.165, 1.54) is 18.4 Å². The smallest absolute Gasteiger partial charge is 0.257 e. The molecule has 0 atom stereocenters. The molecule has 2 fully saturated rings. The Morgan fingerprint density at radius 3 is 2.53 bits per heavy atom. The summed E-state index contributed by atoms with van der Waals surface area (Å²) in [6.45, 7) is 9.68. The van der Waals surface area contributed by atoms with Crippen LogP contribution in [0.15, 0.2) is 48.9 Å². The normalized spacial score (nSPS) is 16.1. The largest absolute Gasteiger partial charge is 0.366 e. The van der Waals surface area contributed by atoms with Gasteiger partial charge in [0.1, 0.15) is 5.82 Å². The van der Waals surface area contributed by atoms with Crippen LogP contribution in [0, 0.1) is 6.92 Å². The Labute approximate surface area is 201 Å². The van der Waals surface area contributed by atoms with Crippen molar-refractivity contribution in [3.05, 3.63) is 71.4 Å². The van der Waals surface area contributed by atoms with E-state index in [2.05, 4.69) is 51.1 Å². The van der Waals surface area contributed by atoms with Crippen LogP contribution in [0.3, 0.4) is 0 Å². The zero-order chi connectivity index (χ0) is 23.7. The molecule has 3 aromatic rings. The predicted molar refractivity (Wildman–Crippen MR) is 136 cm³/mol. The first kappa shape index (κ1) is 22.3. The van der Waals surface area contributed by atoms with Gasteiger partial charge in [0.15, 0.2) is 0 Å². The van der Waals surface area contributed by atoms with E-state index in [0.29, 0.717) is 17.4 Å². The lowest BCUT2D eigenvalue weighted by Crippen LogP contribution is -2.47. The number of hydrogen-bond acceptors (Lipinski definition) is 6. The molecule has 1 amide bonds. The van der Waals surface area contributed by atoms with Crippen LogP contribution in [0.25, 0.3) is 0 Å². The quantitative estimate of drug-likeness (QED) is 0.577. The van der Waals surface area contributed by atoms with Crippen LogP contribution >= 0.6 is 0 Å². The number of nitrogens with one attached hydrogen (secondary N) is 1. The Morgan fingerprint density at radius 2 is 1.82 bits per heavy atom. The fraction of sp³-hybridized carbons (Fsp3) is 0.407. The molecule has 3 heterocycles. The third-order valence-electron chi connectivity index (χ3n) is 6.77. The summed E-state index contributed by atoms with van der Waals surface area (Å²) in [6, 6.07) is 9.97. The highest BCUT2D eigenvalue weighted by Gasteiger charge is 2.27. The molecule has 2 aliphatic rings. The number of hydrogen-bond donors (Lipinski definition) is 1. The Balaban J connectivity index is 1.35. The van der Waals surface area contributed by atoms with E-state index >= 15 is 0 Å². The Hall–Kier alpha value is -3.48. The SMILES string of the molecule is Cc1ncccc1C(=O)Nc1ccc(C(C)C)cc1N1CCN(c2cncc(C3CC3)n2)CC1. The molecule has 2 aromatic heterocycles. The second kappa shape index (κ2) is 9.41. The summed E-state index contributed by atoms with van der Waals surface area (Å²) in [7, 11) is 0. The number of aromatic nitrogens is 3. The van der Waals surface area contributed by atoms with Crippen molar-refractivity contribution in [1.29, 1.82) is 0 Å². The van der Waals surface area contributed by atoms with Crippen LogP contribution in [-0.2, 0) is 0 Å². The van der Waals surface area contributed by atoms with Crippen LogP contribution < -0.4 is 15.1 Å². The first-order chi connectivity index (χ1) is 16.5. The fourth-order valence-corrected chi connectivity index (χ4v) is 4.46. The second-order valence-corrected chi connectivity index (χ2v) is 9.57. The highest BCUT2D eigenvalue weighted by molar-refractivity contribution is 6.06. The van der Waals surface area contributed by atoms with Gasteiger partial charge in [-0.05, 0) is 55.5 Å². The van der Waals surface area contributed by atoms with E-state index in [0.717, 1.165) is 54.8 Å². The van der Waals surface area contributed by atoms with Gasteiger partial charge in [0, 0.05) is 50.2 Å². The summed E-state index contributed by atoms with van der Waals surface area (Å²) in [6.07, 6.45) is 7.95. The van der Waals surface area contributed by atoms with E-state index in [4.69, 9.17) is 4.98 Å². The number of nitrogens with zero attached hydrogens (tertiary/aromatic N) is 5.